The molecule has 0 spiro atoms. The number of carboxylic acids is 1. The fraction of sp³-hybridized carbons (Fsp3) is 0.455. The van der Waals surface area contributed by atoms with Gasteiger partial charge >= 0.3 is 11.7 Å². The van der Waals surface area contributed by atoms with Crippen LogP contribution < -0.4 is 5.32 Å². The lowest BCUT2D eigenvalue weighted by Gasteiger charge is -2.20. The monoisotopic (exact) mass is 253 g/mol. The van der Waals surface area contributed by atoms with Crippen LogP contribution in [0.2, 0.25) is 0 Å². The van der Waals surface area contributed by atoms with E-state index in [4.69, 9.17) is 5.11 Å². The second-order valence-corrected chi connectivity index (χ2v) is 3.97. The van der Waals surface area contributed by atoms with Gasteiger partial charge in [0.25, 0.3) is 0 Å². The molecule has 2 atom stereocenters. The summed E-state index contributed by atoms with van der Waals surface area (Å²) in [6, 6.07) is 1.82. The van der Waals surface area contributed by atoms with Gasteiger partial charge in [-0.3, -0.25) is 10.1 Å². The fourth-order valence-electron chi connectivity index (χ4n) is 1.49. The molecule has 1 heterocycles. The van der Waals surface area contributed by atoms with E-state index in [1.54, 1.807) is 6.92 Å². The molecule has 2 unspecified atom stereocenters. The van der Waals surface area contributed by atoms with Crippen LogP contribution in [0.3, 0.4) is 0 Å². The second kappa shape index (κ2) is 5.95. The minimum atomic E-state index is -1.05. The average molecular weight is 253 g/mol. The van der Waals surface area contributed by atoms with Crippen molar-refractivity contribution in [1.29, 1.82) is 0 Å². The molecule has 1 aromatic rings. The van der Waals surface area contributed by atoms with Gasteiger partial charge in [-0.25, -0.2) is 9.78 Å². The molecule has 1 rings (SSSR count). The number of nitro groups is 1. The lowest BCUT2D eigenvalue weighted by atomic mass is 9.99. The van der Waals surface area contributed by atoms with Gasteiger partial charge in [-0.15, -0.1) is 0 Å². The minimum Gasteiger partial charge on any atom is -0.480 e. The van der Waals surface area contributed by atoms with Crippen LogP contribution in [0.1, 0.15) is 20.3 Å². The highest BCUT2D eigenvalue weighted by molar-refractivity contribution is 5.78. The summed E-state index contributed by atoms with van der Waals surface area (Å²) in [7, 11) is 0. The first-order chi connectivity index (χ1) is 8.47. The number of carboxylic acid groups (broad SMARTS) is 1. The topological polar surface area (TPSA) is 105 Å². The number of aromatic nitrogens is 1. The van der Waals surface area contributed by atoms with Crippen molar-refractivity contribution in [1.82, 2.24) is 4.98 Å². The molecule has 0 aliphatic carbocycles. The third kappa shape index (κ3) is 3.16. The number of carbonyl (C=O) groups is 1. The molecule has 0 saturated heterocycles. The molecule has 0 saturated carbocycles. The van der Waals surface area contributed by atoms with Gasteiger partial charge in [0.1, 0.15) is 6.04 Å². The molecule has 7 heteroatoms. The molecule has 0 aliphatic rings. The van der Waals surface area contributed by atoms with Gasteiger partial charge in [-0.05, 0) is 12.0 Å². The van der Waals surface area contributed by atoms with Crippen molar-refractivity contribution in [2.45, 2.75) is 26.3 Å². The van der Waals surface area contributed by atoms with Crippen molar-refractivity contribution in [2.75, 3.05) is 5.32 Å². The summed E-state index contributed by atoms with van der Waals surface area (Å²) in [6.45, 7) is 3.62. The number of hydrogen-bond acceptors (Lipinski definition) is 5. The van der Waals surface area contributed by atoms with Gasteiger partial charge in [0.15, 0.2) is 0 Å². The van der Waals surface area contributed by atoms with Crippen molar-refractivity contribution >= 4 is 17.5 Å². The normalized spacial score (nSPS) is 13.7. The first-order valence-electron chi connectivity index (χ1n) is 5.56. The molecule has 98 valence electrons. The van der Waals surface area contributed by atoms with Crippen LogP contribution in [-0.4, -0.2) is 27.0 Å². The summed E-state index contributed by atoms with van der Waals surface area (Å²) in [5.41, 5.74) is -0.230. The van der Waals surface area contributed by atoms with E-state index >= 15 is 0 Å². The summed E-state index contributed by atoms with van der Waals surface area (Å²) >= 11 is 0. The van der Waals surface area contributed by atoms with E-state index in [1.807, 2.05) is 6.92 Å². The van der Waals surface area contributed by atoms with Crippen LogP contribution in [0.5, 0.6) is 0 Å². The van der Waals surface area contributed by atoms with Crippen LogP contribution in [0, 0.1) is 16.0 Å². The van der Waals surface area contributed by atoms with Gasteiger partial charge in [-0.2, -0.15) is 0 Å². The Balaban J connectivity index is 3.01. The highest BCUT2D eigenvalue weighted by Gasteiger charge is 2.26. The van der Waals surface area contributed by atoms with Gasteiger partial charge in [-0.1, -0.05) is 20.3 Å². The fourth-order valence-corrected chi connectivity index (χ4v) is 1.49. The Hall–Kier alpha value is -2.18. The highest BCUT2D eigenvalue weighted by Crippen LogP contribution is 2.23. The van der Waals surface area contributed by atoms with E-state index in [0.717, 1.165) is 0 Å². The Labute approximate surface area is 104 Å². The van der Waals surface area contributed by atoms with E-state index < -0.39 is 16.9 Å². The maximum absolute atomic E-state index is 11.1. The standard InChI is InChI=1S/C11H15N3O4/c1-3-7(2)9(11(15)16)13-10-8(14(17)18)5-4-6-12-10/h4-7,9H,3H2,1-2H3,(H,12,13)(H,15,16). The predicted molar refractivity (Wildman–Crippen MR) is 65.4 cm³/mol. The number of hydrogen-bond donors (Lipinski definition) is 2. The maximum Gasteiger partial charge on any atom is 0.326 e. The molecule has 7 nitrogen and oxygen atoms in total. The Kier molecular flexibility index (Phi) is 4.59. The Morgan fingerprint density at radius 1 is 1.67 bits per heavy atom. The van der Waals surface area contributed by atoms with Crippen molar-refractivity contribution in [2.24, 2.45) is 5.92 Å². The van der Waals surface area contributed by atoms with Crippen LogP contribution in [0.4, 0.5) is 11.5 Å². The molecular formula is C11H15N3O4. The molecule has 0 aliphatic heterocycles. The third-order valence-electron chi connectivity index (χ3n) is 2.75. The number of anilines is 1. The van der Waals surface area contributed by atoms with Gasteiger partial charge in [0, 0.05) is 12.3 Å². The molecule has 0 radical (unpaired) electrons. The van der Waals surface area contributed by atoms with Gasteiger partial charge < -0.3 is 10.4 Å². The van der Waals surface area contributed by atoms with Crippen molar-refractivity contribution < 1.29 is 14.8 Å². The summed E-state index contributed by atoms with van der Waals surface area (Å²) in [5, 5.41) is 22.5. The van der Waals surface area contributed by atoms with Gasteiger partial charge in [0.2, 0.25) is 5.82 Å². The summed E-state index contributed by atoms with van der Waals surface area (Å²) in [4.78, 5) is 25.1. The smallest absolute Gasteiger partial charge is 0.326 e. The lowest BCUT2D eigenvalue weighted by Crippen LogP contribution is -2.35. The average Bonchev–Trinajstić information content (AvgIpc) is 2.34. The number of pyridine rings is 1. The van der Waals surface area contributed by atoms with Crippen molar-refractivity contribution in [3.05, 3.63) is 28.4 Å². The zero-order chi connectivity index (χ0) is 13.7. The lowest BCUT2D eigenvalue weighted by molar-refractivity contribution is -0.384. The quantitative estimate of drug-likeness (QED) is 0.592. The summed E-state index contributed by atoms with van der Waals surface area (Å²) in [6.07, 6.45) is 2.02. The van der Waals surface area contributed by atoms with Crippen LogP contribution in [0.25, 0.3) is 0 Å². The highest BCUT2D eigenvalue weighted by atomic mass is 16.6. The summed E-state index contributed by atoms with van der Waals surface area (Å²) in [5.74, 6) is -1.23. The molecule has 0 fully saturated rings. The molecule has 2 N–H and O–H groups in total. The number of nitrogens with zero attached hydrogens (tertiary/aromatic N) is 2. The van der Waals surface area contributed by atoms with Crippen LogP contribution in [-0.2, 0) is 4.79 Å². The molecule has 1 aromatic heterocycles. The number of aliphatic carboxylic acids is 1. The molecule has 0 aromatic carbocycles. The van der Waals surface area contributed by atoms with E-state index in [2.05, 4.69) is 10.3 Å². The zero-order valence-corrected chi connectivity index (χ0v) is 10.2. The van der Waals surface area contributed by atoms with Crippen LogP contribution >= 0.6 is 0 Å². The van der Waals surface area contributed by atoms with Crippen molar-refractivity contribution in [3.63, 3.8) is 0 Å². The maximum atomic E-state index is 11.1. The first kappa shape index (κ1) is 13.9. The molecule has 0 amide bonds. The van der Waals surface area contributed by atoms with E-state index in [0.29, 0.717) is 6.42 Å². The molecular weight excluding hydrogens is 238 g/mol. The zero-order valence-electron chi connectivity index (χ0n) is 10.2. The second-order valence-electron chi connectivity index (χ2n) is 3.97. The Morgan fingerprint density at radius 2 is 2.33 bits per heavy atom. The minimum absolute atomic E-state index is 0.0183. The Bertz CT molecular complexity index is 450. The predicted octanol–water partition coefficient (Wildman–Crippen LogP) is 1.90. The molecule has 0 bridgehead atoms. The SMILES string of the molecule is CCC(C)C(Nc1ncccc1[N+](=O)[O-])C(=O)O. The van der Waals surface area contributed by atoms with E-state index in [9.17, 15) is 14.9 Å². The van der Waals surface area contributed by atoms with E-state index in [1.165, 1.54) is 18.3 Å². The van der Waals surface area contributed by atoms with Crippen molar-refractivity contribution in [3.8, 4) is 0 Å². The van der Waals surface area contributed by atoms with Gasteiger partial charge in [0.05, 0.1) is 4.92 Å². The summed E-state index contributed by atoms with van der Waals surface area (Å²) < 4.78 is 0. The largest absolute Gasteiger partial charge is 0.480 e. The first-order valence-corrected chi connectivity index (χ1v) is 5.56. The third-order valence-corrected chi connectivity index (χ3v) is 2.75. The van der Waals surface area contributed by atoms with E-state index in [-0.39, 0.29) is 17.4 Å². The van der Waals surface area contributed by atoms with Crippen LogP contribution in [0.15, 0.2) is 18.3 Å². The molecule has 18 heavy (non-hydrogen) atoms. The Morgan fingerprint density at radius 3 is 2.83 bits per heavy atom. The number of nitrogens with one attached hydrogen (secondary N) is 1. The number of rotatable bonds is 6.